The van der Waals surface area contributed by atoms with Gasteiger partial charge in [0.05, 0.1) is 11.5 Å². The van der Waals surface area contributed by atoms with Crippen LogP contribution in [-0.4, -0.2) is 47.8 Å². The first-order valence-electron chi connectivity index (χ1n) is 12.3. The fraction of sp³-hybridized carbons (Fsp3) is 0.310. The van der Waals surface area contributed by atoms with Crippen molar-refractivity contribution in [2.75, 3.05) is 25.2 Å². The fourth-order valence-corrected chi connectivity index (χ4v) is 5.13. The highest BCUT2D eigenvalue weighted by Crippen LogP contribution is 2.51. The molecule has 2 heterocycles. The summed E-state index contributed by atoms with van der Waals surface area (Å²) in [6.07, 6.45) is 1.77. The van der Waals surface area contributed by atoms with Gasteiger partial charge in [0, 0.05) is 25.8 Å². The second-order valence-electron chi connectivity index (χ2n) is 9.90. The van der Waals surface area contributed by atoms with Gasteiger partial charge in [0.2, 0.25) is 12.7 Å². The van der Waals surface area contributed by atoms with Gasteiger partial charge in [-0.3, -0.25) is 9.59 Å². The summed E-state index contributed by atoms with van der Waals surface area (Å²) in [6.45, 7) is 3.20. The molecule has 3 aromatic carbocycles. The summed E-state index contributed by atoms with van der Waals surface area (Å²) < 4.78 is 10.9. The third kappa shape index (κ3) is 3.99. The fourth-order valence-electron chi connectivity index (χ4n) is 5.13. The van der Waals surface area contributed by atoms with E-state index in [1.807, 2.05) is 67.6 Å². The van der Waals surface area contributed by atoms with E-state index in [1.54, 1.807) is 4.90 Å². The van der Waals surface area contributed by atoms with Gasteiger partial charge in [0.1, 0.15) is 0 Å². The number of fused-ring (bicyclic) bond motifs is 1. The molecule has 1 saturated carbocycles. The number of likely N-dealkylation sites (tertiary alicyclic amines) is 1. The molecule has 0 aromatic heterocycles. The van der Waals surface area contributed by atoms with E-state index in [9.17, 15) is 14.7 Å². The molecule has 186 valence electrons. The quantitative estimate of drug-likeness (QED) is 0.554. The Morgan fingerprint density at radius 1 is 1.03 bits per heavy atom. The van der Waals surface area contributed by atoms with Crippen molar-refractivity contribution in [2.24, 2.45) is 0 Å². The van der Waals surface area contributed by atoms with Gasteiger partial charge in [-0.05, 0) is 84.8 Å². The molecule has 0 radical (unpaired) electrons. The van der Waals surface area contributed by atoms with Gasteiger partial charge in [0.25, 0.3) is 5.91 Å². The zero-order valence-electron chi connectivity index (χ0n) is 20.1. The van der Waals surface area contributed by atoms with Crippen LogP contribution in [0.2, 0.25) is 0 Å². The number of anilines is 1. The van der Waals surface area contributed by atoms with E-state index in [0.717, 1.165) is 40.8 Å². The number of β-amino-alcohol motifs (C(OH)–C–C–N with tert-alkyl or cyclic N) is 1. The Hall–Kier alpha value is -3.84. The minimum Gasteiger partial charge on any atom is -0.454 e. The van der Waals surface area contributed by atoms with Crippen LogP contribution in [0.1, 0.15) is 42.2 Å². The number of carbonyl (C=O) groups excluding carboxylic acids is 2. The van der Waals surface area contributed by atoms with Crippen molar-refractivity contribution in [1.29, 1.82) is 0 Å². The molecule has 0 unspecified atom stereocenters. The molecule has 2 N–H and O–H groups in total. The SMILES string of the molecule is Cc1ccc(NC(=O)C2(c3ccc4c(c3)OCO4)CC2)cc1-c1ccc(C(=O)N2CC[C@@H](O)C2)cc1.[HH]. The van der Waals surface area contributed by atoms with Crippen LogP contribution in [0.15, 0.2) is 60.7 Å². The van der Waals surface area contributed by atoms with Crippen molar-refractivity contribution in [2.45, 2.75) is 37.7 Å². The number of hydrogen-bond donors (Lipinski definition) is 2. The number of amides is 2. The highest BCUT2D eigenvalue weighted by molar-refractivity contribution is 6.02. The topological polar surface area (TPSA) is 88.1 Å². The molecule has 6 rings (SSSR count). The summed E-state index contributed by atoms with van der Waals surface area (Å²) in [7, 11) is 0. The minimum atomic E-state index is -0.544. The molecule has 1 saturated heterocycles. The van der Waals surface area contributed by atoms with E-state index in [2.05, 4.69) is 5.32 Å². The first kappa shape index (κ1) is 22.6. The maximum atomic E-state index is 13.4. The van der Waals surface area contributed by atoms with Gasteiger partial charge in [-0.1, -0.05) is 24.3 Å². The van der Waals surface area contributed by atoms with Gasteiger partial charge < -0.3 is 24.8 Å². The van der Waals surface area contributed by atoms with Crippen LogP contribution in [0.3, 0.4) is 0 Å². The van der Waals surface area contributed by atoms with Crippen molar-refractivity contribution < 1.29 is 25.6 Å². The van der Waals surface area contributed by atoms with Crippen molar-refractivity contribution >= 4 is 17.5 Å². The van der Waals surface area contributed by atoms with Crippen LogP contribution in [0.25, 0.3) is 11.1 Å². The zero-order valence-corrected chi connectivity index (χ0v) is 20.1. The first-order valence-corrected chi connectivity index (χ1v) is 12.3. The number of nitrogens with one attached hydrogen (secondary N) is 1. The zero-order chi connectivity index (χ0) is 24.9. The normalized spacial score (nSPS) is 19.3. The van der Waals surface area contributed by atoms with Crippen LogP contribution in [0, 0.1) is 6.92 Å². The molecule has 2 amide bonds. The van der Waals surface area contributed by atoms with Crippen LogP contribution < -0.4 is 14.8 Å². The third-order valence-corrected chi connectivity index (χ3v) is 7.50. The number of aliphatic hydroxyl groups is 1. The predicted molar refractivity (Wildman–Crippen MR) is 137 cm³/mol. The lowest BCUT2D eigenvalue weighted by atomic mass is 9.94. The van der Waals surface area contributed by atoms with Crippen LogP contribution in [0.5, 0.6) is 11.5 Å². The largest absolute Gasteiger partial charge is 0.454 e. The lowest BCUT2D eigenvalue weighted by Crippen LogP contribution is -2.29. The summed E-state index contributed by atoms with van der Waals surface area (Å²) in [4.78, 5) is 27.8. The van der Waals surface area contributed by atoms with Crippen LogP contribution in [-0.2, 0) is 10.2 Å². The highest BCUT2D eigenvalue weighted by Gasteiger charge is 2.51. The summed E-state index contributed by atoms with van der Waals surface area (Å²) >= 11 is 0. The van der Waals surface area contributed by atoms with Gasteiger partial charge in [-0.2, -0.15) is 0 Å². The molecule has 0 spiro atoms. The Balaban J connectivity index is 0.00000280. The molecular weight excluding hydrogens is 456 g/mol. The van der Waals surface area contributed by atoms with E-state index >= 15 is 0 Å². The second kappa shape index (κ2) is 8.68. The number of benzene rings is 3. The second-order valence-corrected chi connectivity index (χ2v) is 9.90. The van der Waals surface area contributed by atoms with Crippen molar-refractivity contribution in [3.05, 3.63) is 77.4 Å². The van der Waals surface area contributed by atoms with E-state index in [-0.39, 0.29) is 20.0 Å². The average molecular weight is 487 g/mol. The average Bonchev–Trinajstić information content (AvgIpc) is 3.37. The van der Waals surface area contributed by atoms with E-state index in [1.165, 1.54) is 0 Å². The molecule has 36 heavy (non-hydrogen) atoms. The Kier molecular flexibility index (Phi) is 5.45. The standard InChI is InChI=1S/C29H28N2O5.H2/c1-18-2-8-22(30-28(34)29(11-12-29)21-7-9-25-26(14-21)36-17-35-25)15-24(18)19-3-5-20(6-4-19)27(33)31-13-10-23(32)16-31;/h2-9,14-15,23,32H,10-13,16-17H2,1H3,(H,30,34);1H/t23-;/m1./s1. The maximum Gasteiger partial charge on any atom is 0.253 e. The molecule has 7 nitrogen and oxygen atoms in total. The summed E-state index contributed by atoms with van der Waals surface area (Å²) in [5.41, 5.74) is 4.79. The molecule has 1 aliphatic carbocycles. The molecule has 3 aromatic rings. The van der Waals surface area contributed by atoms with Crippen LogP contribution >= 0.6 is 0 Å². The molecule has 3 aliphatic rings. The predicted octanol–water partition coefficient (Wildman–Crippen LogP) is 4.51. The Labute approximate surface area is 211 Å². The minimum absolute atomic E-state index is 0. The number of carbonyl (C=O) groups is 2. The van der Waals surface area contributed by atoms with Gasteiger partial charge in [-0.25, -0.2) is 0 Å². The van der Waals surface area contributed by atoms with E-state index < -0.39 is 11.5 Å². The van der Waals surface area contributed by atoms with Gasteiger partial charge in [-0.15, -0.1) is 0 Å². The van der Waals surface area contributed by atoms with Crippen molar-refractivity contribution in [3.8, 4) is 22.6 Å². The maximum absolute atomic E-state index is 13.4. The van der Waals surface area contributed by atoms with E-state index in [4.69, 9.17) is 9.47 Å². The highest BCUT2D eigenvalue weighted by atomic mass is 16.7. The van der Waals surface area contributed by atoms with Gasteiger partial charge in [0.15, 0.2) is 11.5 Å². The Morgan fingerprint density at radius 2 is 1.81 bits per heavy atom. The molecule has 7 heteroatoms. The number of ether oxygens (including phenoxy) is 2. The number of hydrogen-bond acceptors (Lipinski definition) is 5. The number of rotatable bonds is 5. The van der Waals surface area contributed by atoms with Crippen molar-refractivity contribution in [1.82, 2.24) is 4.90 Å². The smallest absolute Gasteiger partial charge is 0.253 e. The summed E-state index contributed by atoms with van der Waals surface area (Å²) in [5.74, 6) is 1.31. The van der Waals surface area contributed by atoms with Crippen LogP contribution in [0.4, 0.5) is 5.69 Å². The molecule has 1 atom stereocenters. The monoisotopic (exact) mass is 486 g/mol. The van der Waals surface area contributed by atoms with Crippen molar-refractivity contribution in [3.63, 3.8) is 0 Å². The lowest BCUT2D eigenvalue weighted by Gasteiger charge is -2.18. The molecule has 0 bridgehead atoms. The van der Waals surface area contributed by atoms with E-state index in [0.29, 0.717) is 36.6 Å². The first-order chi connectivity index (χ1) is 17.4. The number of aryl methyl sites for hydroxylation is 1. The number of nitrogens with zero attached hydrogens (tertiary/aromatic N) is 1. The molecule has 2 fully saturated rings. The number of aliphatic hydroxyl groups excluding tert-OH is 1. The molecule has 2 aliphatic heterocycles. The lowest BCUT2D eigenvalue weighted by molar-refractivity contribution is -0.118. The summed E-state index contributed by atoms with van der Waals surface area (Å²) in [6, 6.07) is 19.2. The summed E-state index contributed by atoms with van der Waals surface area (Å²) in [5, 5.41) is 12.9. The molecular formula is C29H30N2O5. The Morgan fingerprint density at radius 3 is 2.53 bits per heavy atom. The Bertz CT molecular complexity index is 1350. The third-order valence-electron chi connectivity index (χ3n) is 7.50. The van der Waals surface area contributed by atoms with Gasteiger partial charge >= 0.3 is 0 Å².